The summed E-state index contributed by atoms with van der Waals surface area (Å²) in [5.74, 6) is -1.11. The molecule has 0 bridgehead atoms. The minimum atomic E-state index is -3.21. The number of aromatic nitrogens is 2. The number of H-pyrrole nitrogens is 1. The normalized spacial score (nSPS) is 19.1. The van der Waals surface area contributed by atoms with E-state index < -0.39 is 30.2 Å². The van der Waals surface area contributed by atoms with Crippen molar-refractivity contribution in [3.05, 3.63) is 70.9 Å². The zero-order chi connectivity index (χ0) is 26.3. The van der Waals surface area contributed by atoms with E-state index in [1.165, 1.54) is 6.08 Å². The van der Waals surface area contributed by atoms with Crippen LogP contribution in [-0.4, -0.2) is 44.6 Å². The third-order valence-electron chi connectivity index (χ3n) is 6.46. The van der Waals surface area contributed by atoms with E-state index in [0.717, 1.165) is 17.7 Å². The predicted molar refractivity (Wildman–Crippen MR) is 129 cm³/mol. The van der Waals surface area contributed by atoms with Crippen LogP contribution in [0, 0.1) is 5.82 Å². The van der Waals surface area contributed by atoms with E-state index in [1.807, 2.05) is 0 Å². The highest BCUT2D eigenvalue weighted by Crippen LogP contribution is 2.45. The van der Waals surface area contributed by atoms with E-state index in [0.29, 0.717) is 30.0 Å². The van der Waals surface area contributed by atoms with Gasteiger partial charge in [-0.3, -0.25) is 10.1 Å². The SMILES string of the molecule is O=C(O)Nc1ccc(-c2cnc([C@@H]3CC[C@H]4CC(c5c(F)ccc(Cl)c5OC(F)F)=CC(=O)N43)[nH]2)cc1. The van der Waals surface area contributed by atoms with Crippen molar-refractivity contribution in [2.24, 2.45) is 0 Å². The first-order chi connectivity index (χ1) is 17.7. The first-order valence-corrected chi connectivity index (χ1v) is 11.7. The number of fused-ring (bicyclic) bond motifs is 1. The Labute approximate surface area is 213 Å². The fourth-order valence-corrected chi connectivity index (χ4v) is 5.14. The largest absolute Gasteiger partial charge is 0.465 e. The number of carboxylic acid groups (broad SMARTS) is 1. The highest BCUT2D eigenvalue weighted by atomic mass is 35.5. The van der Waals surface area contributed by atoms with Crippen LogP contribution in [0.5, 0.6) is 5.75 Å². The van der Waals surface area contributed by atoms with Gasteiger partial charge in [0.15, 0.2) is 5.75 Å². The molecule has 2 aliphatic rings. The standard InChI is InChI=1S/C25H20ClF3N4O4/c26-16-6-7-17(27)21(22(16)37-24(28)29)13-9-15-5-8-19(33(15)20(34)10-13)23-30-11-18(32-23)12-1-3-14(4-2-12)31-25(35)36/h1-4,6-7,10-11,15,19,24,31H,5,8-9H2,(H,30,32)(H,35,36)/t15-,19-/m0/s1. The van der Waals surface area contributed by atoms with Crippen LogP contribution in [0.25, 0.3) is 16.8 Å². The van der Waals surface area contributed by atoms with E-state index in [9.17, 15) is 22.8 Å². The average Bonchev–Trinajstić information content (AvgIpc) is 3.49. The average molecular weight is 533 g/mol. The Morgan fingerprint density at radius 1 is 1.22 bits per heavy atom. The summed E-state index contributed by atoms with van der Waals surface area (Å²) < 4.78 is 45.2. The lowest BCUT2D eigenvalue weighted by atomic mass is 9.93. The molecule has 0 spiro atoms. The number of hydrogen-bond acceptors (Lipinski definition) is 4. The zero-order valence-corrected chi connectivity index (χ0v) is 19.8. The minimum Gasteiger partial charge on any atom is -0.465 e. The van der Waals surface area contributed by atoms with Gasteiger partial charge in [-0.2, -0.15) is 8.78 Å². The number of ether oxygens (including phenoxy) is 1. The number of anilines is 1. The number of halogens is 4. The van der Waals surface area contributed by atoms with Crippen molar-refractivity contribution < 1.29 is 32.6 Å². The molecule has 5 rings (SSSR count). The molecular weight excluding hydrogens is 513 g/mol. The van der Waals surface area contributed by atoms with Crippen LogP contribution >= 0.6 is 11.6 Å². The van der Waals surface area contributed by atoms with Crippen LogP contribution in [0.3, 0.4) is 0 Å². The van der Waals surface area contributed by atoms with Crippen molar-refractivity contribution in [1.29, 1.82) is 0 Å². The number of carbonyl (C=O) groups is 2. The Morgan fingerprint density at radius 3 is 2.68 bits per heavy atom. The molecule has 2 atom stereocenters. The van der Waals surface area contributed by atoms with E-state index in [4.69, 9.17) is 16.7 Å². The summed E-state index contributed by atoms with van der Waals surface area (Å²) in [6.07, 6.45) is 3.15. The number of hydrogen-bond donors (Lipinski definition) is 3. The zero-order valence-electron chi connectivity index (χ0n) is 19.1. The van der Waals surface area contributed by atoms with E-state index in [1.54, 1.807) is 35.4 Å². The molecule has 0 unspecified atom stereocenters. The molecular formula is C25H20ClF3N4O4. The molecule has 37 heavy (non-hydrogen) atoms. The second-order valence-corrected chi connectivity index (χ2v) is 9.07. The van der Waals surface area contributed by atoms with Gasteiger partial charge in [-0.25, -0.2) is 14.2 Å². The monoisotopic (exact) mass is 532 g/mol. The summed E-state index contributed by atoms with van der Waals surface area (Å²) in [6.45, 7) is -3.21. The lowest BCUT2D eigenvalue weighted by molar-refractivity contribution is -0.129. The Balaban J connectivity index is 1.39. The van der Waals surface area contributed by atoms with Crippen LogP contribution in [0.4, 0.5) is 23.7 Å². The van der Waals surface area contributed by atoms with E-state index in [2.05, 4.69) is 20.0 Å². The molecule has 2 aliphatic heterocycles. The molecule has 8 nitrogen and oxygen atoms in total. The minimum absolute atomic E-state index is 0.174. The van der Waals surface area contributed by atoms with Gasteiger partial charge in [0, 0.05) is 17.8 Å². The molecule has 3 aromatic rings. The second kappa shape index (κ2) is 9.81. The molecule has 0 aliphatic carbocycles. The van der Waals surface area contributed by atoms with Gasteiger partial charge in [0.1, 0.15) is 11.6 Å². The van der Waals surface area contributed by atoms with Crippen molar-refractivity contribution in [3.8, 4) is 17.0 Å². The van der Waals surface area contributed by atoms with E-state index >= 15 is 0 Å². The highest BCUT2D eigenvalue weighted by molar-refractivity contribution is 6.32. The van der Waals surface area contributed by atoms with Gasteiger partial charge in [-0.1, -0.05) is 23.7 Å². The maximum atomic E-state index is 14.7. The van der Waals surface area contributed by atoms with Crippen LogP contribution in [0.1, 0.15) is 36.7 Å². The maximum Gasteiger partial charge on any atom is 0.409 e. The Morgan fingerprint density at radius 2 is 1.97 bits per heavy atom. The third kappa shape index (κ3) is 4.86. The van der Waals surface area contributed by atoms with Crippen LogP contribution in [0.15, 0.2) is 48.7 Å². The van der Waals surface area contributed by atoms with E-state index in [-0.39, 0.29) is 34.7 Å². The summed E-state index contributed by atoms with van der Waals surface area (Å²) >= 11 is 6.01. The fourth-order valence-electron chi connectivity index (χ4n) is 4.94. The second-order valence-electron chi connectivity index (χ2n) is 8.67. The lowest BCUT2D eigenvalue weighted by Crippen LogP contribution is -2.39. The number of benzene rings is 2. The summed E-state index contributed by atoms with van der Waals surface area (Å²) in [5.41, 5.74) is 1.91. The van der Waals surface area contributed by atoms with Gasteiger partial charge < -0.3 is 19.7 Å². The van der Waals surface area contributed by atoms with Gasteiger partial charge in [0.05, 0.1) is 28.5 Å². The number of nitrogens with zero attached hydrogens (tertiary/aromatic N) is 2. The lowest BCUT2D eigenvalue weighted by Gasteiger charge is -2.33. The fraction of sp³-hybridized carbons (Fsp3) is 0.240. The number of nitrogens with one attached hydrogen (secondary N) is 2. The molecule has 1 saturated heterocycles. The van der Waals surface area contributed by atoms with Crippen molar-refractivity contribution >= 4 is 34.9 Å². The molecule has 0 radical (unpaired) electrons. The number of amides is 2. The molecule has 2 amide bonds. The molecule has 0 saturated carbocycles. The topological polar surface area (TPSA) is 108 Å². The van der Waals surface area contributed by atoms with Crippen molar-refractivity contribution in [3.63, 3.8) is 0 Å². The van der Waals surface area contributed by atoms with Gasteiger partial charge in [-0.15, -0.1) is 0 Å². The Hall–Kier alpha value is -3.99. The number of imidazole rings is 1. The molecule has 1 fully saturated rings. The van der Waals surface area contributed by atoms with Gasteiger partial charge in [0.25, 0.3) is 0 Å². The van der Waals surface area contributed by atoms with Gasteiger partial charge >= 0.3 is 12.7 Å². The molecule has 1 aromatic heterocycles. The van der Waals surface area contributed by atoms with Crippen LogP contribution in [-0.2, 0) is 4.79 Å². The Bertz CT molecular complexity index is 1390. The molecule has 2 aromatic carbocycles. The summed E-state index contributed by atoms with van der Waals surface area (Å²) in [6, 6.07) is 8.27. The molecule has 12 heteroatoms. The predicted octanol–water partition coefficient (Wildman–Crippen LogP) is 6.08. The van der Waals surface area contributed by atoms with Gasteiger partial charge in [-0.05, 0) is 54.7 Å². The first kappa shape index (κ1) is 24.7. The smallest absolute Gasteiger partial charge is 0.409 e. The van der Waals surface area contributed by atoms with Crippen molar-refractivity contribution in [1.82, 2.24) is 14.9 Å². The third-order valence-corrected chi connectivity index (χ3v) is 6.75. The molecule has 3 heterocycles. The van der Waals surface area contributed by atoms with Crippen LogP contribution in [0.2, 0.25) is 5.02 Å². The maximum absolute atomic E-state index is 14.7. The number of aromatic amines is 1. The summed E-state index contributed by atoms with van der Waals surface area (Å²) in [4.78, 5) is 33.3. The molecule has 192 valence electrons. The Kier molecular flexibility index (Phi) is 6.55. The first-order valence-electron chi connectivity index (χ1n) is 11.3. The highest BCUT2D eigenvalue weighted by Gasteiger charge is 2.42. The number of rotatable bonds is 6. The summed E-state index contributed by atoms with van der Waals surface area (Å²) in [5, 5.41) is 10.9. The van der Waals surface area contributed by atoms with Crippen molar-refractivity contribution in [2.45, 2.75) is 38.0 Å². The van der Waals surface area contributed by atoms with Gasteiger partial charge in [0.2, 0.25) is 5.91 Å². The molecule has 3 N–H and O–H groups in total. The quantitative estimate of drug-likeness (QED) is 0.356. The van der Waals surface area contributed by atoms with Crippen LogP contribution < -0.4 is 10.1 Å². The summed E-state index contributed by atoms with van der Waals surface area (Å²) in [7, 11) is 0. The number of carbonyl (C=O) groups excluding carboxylic acids is 1. The van der Waals surface area contributed by atoms with Crippen molar-refractivity contribution in [2.75, 3.05) is 5.32 Å². The number of alkyl halides is 2.